The van der Waals surface area contributed by atoms with Crippen molar-refractivity contribution in [1.82, 2.24) is 20.1 Å². The van der Waals surface area contributed by atoms with E-state index in [9.17, 15) is 4.79 Å². The van der Waals surface area contributed by atoms with Gasteiger partial charge in [0.05, 0.1) is 23.1 Å². The first kappa shape index (κ1) is 16.3. The number of carbonyl (C=O) groups is 1. The molecule has 1 aliphatic rings. The highest BCUT2D eigenvalue weighted by molar-refractivity contribution is 5.95. The molecule has 1 aliphatic heterocycles. The third-order valence-electron chi connectivity index (χ3n) is 4.75. The molecule has 2 aromatic heterocycles. The summed E-state index contributed by atoms with van der Waals surface area (Å²) in [6.07, 6.45) is 4.35. The van der Waals surface area contributed by atoms with Gasteiger partial charge in [-0.1, -0.05) is 24.3 Å². The number of nitrogens with one attached hydrogen (secondary N) is 1. The predicted octanol–water partition coefficient (Wildman–Crippen LogP) is 2.58. The maximum absolute atomic E-state index is 12.7. The monoisotopic (exact) mass is 347 g/mol. The Bertz CT molecular complexity index is 891. The molecular weight excluding hydrogens is 326 g/mol. The Hall–Kier alpha value is -3.15. The van der Waals surface area contributed by atoms with Gasteiger partial charge in [-0.15, -0.1) is 0 Å². The van der Waals surface area contributed by atoms with Gasteiger partial charge in [0.15, 0.2) is 0 Å². The number of nitrogens with zero attached hydrogens (tertiary/aromatic N) is 4. The summed E-state index contributed by atoms with van der Waals surface area (Å²) < 4.78 is 1.80. The number of rotatable bonds is 4. The maximum Gasteiger partial charge on any atom is 0.255 e. The molecule has 3 aromatic rings. The number of hydrogen-bond donors (Lipinski definition) is 1. The van der Waals surface area contributed by atoms with E-state index in [4.69, 9.17) is 0 Å². The summed E-state index contributed by atoms with van der Waals surface area (Å²) in [6.45, 7) is 3.59. The smallest absolute Gasteiger partial charge is 0.255 e. The standard InChI is InChI=1S/C20H21N5O/c1-15-18(13-22-25(15)17-7-3-2-4-8-17)20(26)23-16-10-12-24(14-16)19-9-5-6-11-21-19/h2-9,11,13,16H,10,12,14H2,1H3,(H,23,26). The minimum Gasteiger partial charge on any atom is -0.354 e. The molecule has 1 amide bonds. The minimum atomic E-state index is -0.0717. The van der Waals surface area contributed by atoms with Gasteiger partial charge in [-0.2, -0.15) is 5.10 Å². The summed E-state index contributed by atoms with van der Waals surface area (Å²) >= 11 is 0. The van der Waals surface area contributed by atoms with Crippen LogP contribution in [0, 0.1) is 6.92 Å². The van der Waals surface area contributed by atoms with E-state index in [-0.39, 0.29) is 11.9 Å². The zero-order valence-electron chi connectivity index (χ0n) is 14.7. The Morgan fingerprint density at radius 3 is 2.73 bits per heavy atom. The fourth-order valence-corrected chi connectivity index (χ4v) is 3.35. The first-order valence-electron chi connectivity index (χ1n) is 8.79. The van der Waals surface area contributed by atoms with Gasteiger partial charge in [0, 0.05) is 25.3 Å². The molecule has 0 radical (unpaired) electrons. The Morgan fingerprint density at radius 2 is 1.96 bits per heavy atom. The van der Waals surface area contributed by atoms with E-state index in [2.05, 4.69) is 20.3 Å². The lowest BCUT2D eigenvalue weighted by Crippen LogP contribution is -2.37. The van der Waals surface area contributed by atoms with E-state index in [1.54, 1.807) is 17.1 Å². The second-order valence-electron chi connectivity index (χ2n) is 6.48. The molecule has 4 rings (SSSR count). The van der Waals surface area contributed by atoms with Crippen LogP contribution in [0.2, 0.25) is 0 Å². The van der Waals surface area contributed by atoms with Crippen molar-refractivity contribution in [2.24, 2.45) is 0 Å². The lowest BCUT2D eigenvalue weighted by atomic mass is 10.2. The SMILES string of the molecule is Cc1c(C(=O)NC2CCN(c3ccccn3)C2)cnn1-c1ccccc1. The van der Waals surface area contributed by atoms with E-state index in [1.807, 2.05) is 55.5 Å². The van der Waals surface area contributed by atoms with Crippen molar-refractivity contribution in [3.63, 3.8) is 0 Å². The van der Waals surface area contributed by atoms with Crippen molar-refractivity contribution >= 4 is 11.7 Å². The Morgan fingerprint density at radius 1 is 1.15 bits per heavy atom. The normalized spacial score (nSPS) is 16.7. The van der Waals surface area contributed by atoms with E-state index in [0.717, 1.165) is 36.7 Å². The maximum atomic E-state index is 12.7. The van der Waals surface area contributed by atoms with Gasteiger partial charge < -0.3 is 10.2 Å². The molecule has 0 bridgehead atoms. The number of aromatic nitrogens is 3. The second kappa shape index (κ2) is 7.00. The van der Waals surface area contributed by atoms with Crippen LogP contribution in [0.15, 0.2) is 60.9 Å². The second-order valence-corrected chi connectivity index (χ2v) is 6.48. The van der Waals surface area contributed by atoms with Crippen molar-refractivity contribution in [2.75, 3.05) is 18.0 Å². The van der Waals surface area contributed by atoms with Crippen LogP contribution in [0.1, 0.15) is 22.5 Å². The number of carbonyl (C=O) groups excluding carboxylic acids is 1. The van der Waals surface area contributed by atoms with Crippen LogP contribution in [-0.2, 0) is 0 Å². The fraction of sp³-hybridized carbons (Fsp3) is 0.250. The number of anilines is 1. The predicted molar refractivity (Wildman–Crippen MR) is 101 cm³/mol. The number of hydrogen-bond acceptors (Lipinski definition) is 4. The summed E-state index contributed by atoms with van der Waals surface area (Å²) in [5.74, 6) is 0.884. The molecule has 132 valence electrons. The first-order chi connectivity index (χ1) is 12.7. The molecule has 3 heterocycles. The summed E-state index contributed by atoms with van der Waals surface area (Å²) in [7, 11) is 0. The highest BCUT2D eigenvalue weighted by atomic mass is 16.1. The van der Waals surface area contributed by atoms with Crippen LogP contribution in [0.5, 0.6) is 0 Å². The number of amides is 1. The third-order valence-corrected chi connectivity index (χ3v) is 4.75. The molecule has 6 nitrogen and oxygen atoms in total. The van der Waals surface area contributed by atoms with Crippen LogP contribution in [-0.4, -0.2) is 39.8 Å². The van der Waals surface area contributed by atoms with E-state index >= 15 is 0 Å². The third kappa shape index (κ3) is 3.18. The van der Waals surface area contributed by atoms with Crippen molar-refractivity contribution < 1.29 is 4.79 Å². The largest absolute Gasteiger partial charge is 0.354 e. The summed E-state index contributed by atoms with van der Waals surface area (Å²) in [5, 5.41) is 7.52. The van der Waals surface area contributed by atoms with Crippen LogP contribution in [0.25, 0.3) is 5.69 Å². The molecule has 0 saturated carbocycles. The average Bonchev–Trinajstić information content (AvgIpc) is 3.30. The van der Waals surface area contributed by atoms with Gasteiger partial charge in [0.25, 0.3) is 5.91 Å². The molecule has 0 spiro atoms. The lowest BCUT2D eigenvalue weighted by Gasteiger charge is -2.17. The first-order valence-corrected chi connectivity index (χ1v) is 8.79. The van der Waals surface area contributed by atoms with Crippen LogP contribution < -0.4 is 10.2 Å². The molecule has 26 heavy (non-hydrogen) atoms. The summed E-state index contributed by atoms with van der Waals surface area (Å²) in [6, 6.07) is 15.8. The topological polar surface area (TPSA) is 63.1 Å². The van der Waals surface area contributed by atoms with E-state index in [0.29, 0.717) is 5.56 Å². The van der Waals surface area contributed by atoms with Gasteiger partial charge in [-0.3, -0.25) is 4.79 Å². The molecule has 1 aromatic carbocycles. The molecule has 1 saturated heterocycles. The fourth-order valence-electron chi connectivity index (χ4n) is 3.35. The highest BCUT2D eigenvalue weighted by Crippen LogP contribution is 2.19. The van der Waals surface area contributed by atoms with E-state index < -0.39 is 0 Å². The van der Waals surface area contributed by atoms with Crippen LogP contribution >= 0.6 is 0 Å². The Balaban J connectivity index is 1.44. The molecule has 1 unspecified atom stereocenters. The molecule has 6 heteroatoms. The quantitative estimate of drug-likeness (QED) is 0.788. The minimum absolute atomic E-state index is 0.0717. The zero-order valence-corrected chi connectivity index (χ0v) is 14.7. The molecule has 1 N–H and O–H groups in total. The molecule has 1 fully saturated rings. The van der Waals surface area contributed by atoms with Crippen molar-refractivity contribution in [3.8, 4) is 5.69 Å². The van der Waals surface area contributed by atoms with Crippen molar-refractivity contribution in [3.05, 3.63) is 72.2 Å². The number of para-hydroxylation sites is 1. The van der Waals surface area contributed by atoms with Crippen LogP contribution in [0.4, 0.5) is 5.82 Å². The Labute approximate surface area is 152 Å². The highest BCUT2D eigenvalue weighted by Gasteiger charge is 2.26. The van der Waals surface area contributed by atoms with Gasteiger partial charge in [-0.05, 0) is 37.6 Å². The summed E-state index contributed by atoms with van der Waals surface area (Å²) in [4.78, 5) is 19.3. The van der Waals surface area contributed by atoms with Crippen molar-refractivity contribution in [2.45, 2.75) is 19.4 Å². The van der Waals surface area contributed by atoms with Gasteiger partial charge in [-0.25, -0.2) is 9.67 Å². The lowest BCUT2D eigenvalue weighted by molar-refractivity contribution is 0.0939. The molecule has 0 aliphatic carbocycles. The van der Waals surface area contributed by atoms with Crippen LogP contribution in [0.3, 0.4) is 0 Å². The molecule has 1 atom stereocenters. The molecular formula is C20H21N5O. The van der Waals surface area contributed by atoms with E-state index in [1.165, 1.54) is 0 Å². The Kier molecular flexibility index (Phi) is 4.39. The van der Waals surface area contributed by atoms with Crippen molar-refractivity contribution in [1.29, 1.82) is 0 Å². The number of benzene rings is 1. The average molecular weight is 347 g/mol. The van der Waals surface area contributed by atoms with Gasteiger partial charge >= 0.3 is 0 Å². The number of pyridine rings is 1. The van der Waals surface area contributed by atoms with Gasteiger partial charge in [0.1, 0.15) is 5.82 Å². The van der Waals surface area contributed by atoms with Gasteiger partial charge in [0.2, 0.25) is 0 Å². The summed E-state index contributed by atoms with van der Waals surface area (Å²) in [5.41, 5.74) is 2.41. The zero-order chi connectivity index (χ0) is 17.9.